The topological polar surface area (TPSA) is 196 Å². The van der Waals surface area contributed by atoms with Crippen molar-refractivity contribution in [1.82, 2.24) is 0 Å². The van der Waals surface area contributed by atoms with Crippen LogP contribution in [0.15, 0.2) is 24.3 Å². The summed E-state index contributed by atoms with van der Waals surface area (Å²) in [4.78, 5) is 12.8. The van der Waals surface area contributed by atoms with Crippen molar-refractivity contribution < 1.29 is 59.5 Å². The summed E-state index contributed by atoms with van der Waals surface area (Å²) in [5, 5.41) is 69.8. The fourth-order valence-electron chi connectivity index (χ4n) is 4.00. The van der Waals surface area contributed by atoms with Crippen molar-refractivity contribution in [2.75, 3.05) is 13.7 Å². The fraction of sp³-hybridized carbons (Fsp3) is 0.409. The van der Waals surface area contributed by atoms with Gasteiger partial charge in [-0.2, -0.15) is 0 Å². The van der Waals surface area contributed by atoms with Crippen LogP contribution < -0.4 is 14.2 Å². The molecule has 4 rings (SSSR count). The predicted octanol–water partition coefficient (Wildman–Crippen LogP) is -0.303. The lowest BCUT2D eigenvalue weighted by molar-refractivity contribution is -0.277. The molecule has 1 fully saturated rings. The lowest BCUT2D eigenvalue weighted by Gasteiger charge is -2.39. The fourth-order valence-corrected chi connectivity index (χ4v) is 4.00. The van der Waals surface area contributed by atoms with Crippen molar-refractivity contribution in [3.8, 4) is 34.5 Å². The zero-order valence-corrected chi connectivity index (χ0v) is 17.9. The maximum absolute atomic E-state index is 12.8. The molecule has 0 unspecified atom stereocenters. The smallest absolute Gasteiger partial charge is 0.229 e. The number of rotatable bonds is 5. The first-order valence-corrected chi connectivity index (χ1v) is 10.3. The van der Waals surface area contributed by atoms with Gasteiger partial charge in [0.2, 0.25) is 12.0 Å². The van der Waals surface area contributed by atoms with E-state index in [1.807, 2.05) is 0 Å². The minimum atomic E-state index is -1.73. The Morgan fingerprint density at radius 1 is 1.00 bits per heavy atom. The molecule has 0 radical (unpaired) electrons. The summed E-state index contributed by atoms with van der Waals surface area (Å²) in [6, 6.07) is 4.96. The predicted molar refractivity (Wildman–Crippen MR) is 111 cm³/mol. The summed E-state index contributed by atoms with van der Waals surface area (Å²) in [6.45, 7) is -0.673. The molecular formula is C22H24O12. The molecule has 2 aliphatic heterocycles. The van der Waals surface area contributed by atoms with E-state index in [4.69, 9.17) is 18.9 Å². The first kappa shape index (κ1) is 23.9. The number of hydrogen-bond donors (Lipinski definition) is 7. The number of aliphatic hydroxyl groups is 4. The van der Waals surface area contributed by atoms with E-state index < -0.39 is 54.9 Å². The van der Waals surface area contributed by atoms with Crippen LogP contribution in [0.25, 0.3) is 0 Å². The summed E-state index contributed by atoms with van der Waals surface area (Å²) in [6.07, 6.45) is -8.97. The molecule has 0 saturated carbocycles. The second kappa shape index (κ2) is 9.16. The molecule has 0 aliphatic carbocycles. The first-order chi connectivity index (χ1) is 16.1. The Hall–Kier alpha value is -3.29. The Morgan fingerprint density at radius 3 is 2.29 bits per heavy atom. The molecule has 2 aromatic carbocycles. The highest BCUT2D eigenvalue weighted by molar-refractivity contribution is 6.03. The van der Waals surface area contributed by atoms with Crippen LogP contribution in [-0.2, 0) is 4.74 Å². The third kappa shape index (κ3) is 4.17. The van der Waals surface area contributed by atoms with Crippen LogP contribution in [-0.4, -0.2) is 86.0 Å². The molecule has 6 atom stereocenters. The highest BCUT2D eigenvalue weighted by Gasteiger charge is 2.45. The molecular weight excluding hydrogens is 456 g/mol. The highest BCUT2D eigenvalue weighted by Crippen LogP contribution is 2.49. The average Bonchev–Trinajstić information content (AvgIpc) is 2.78. The number of aromatic hydroxyl groups is 3. The van der Waals surface area contributed by atoms with Crippen molar-refractivity contribution in [2.24, 2.45) is 0 Å². The zero-order valence-electron chi connectivity index (χ0n) is 17.9. The number of carbonyl (C=O) groups is 1. The van der Waals surface area contributed by atoms with Gasteiger partial charge in [0, 0.05) is 17.7 Å². The Bertz CT molecular complexity index is 1060. The molecule has 7 N–H and O–H groups in total. The van der Waals surface area contributed by atoms with Gasteiger partial charge < -0.3 is 54.7 Å². The SMILES string of the molecule is COc1c(O[C@@H]2O[C@H](CO)[C@@H](O)[C@H](O)[C@H]2O)cc2c(c1O)C(=O)C[C@@H](c1cc(O)cc(O)c1)O2. The van der Waals surface area contributed by atoms with E-state index in [-0.39, 0.29) is 40.7 Å². The normalized spacial score (nSPS) is 28.7. The molecule has 2 heterocycles. The number of hydrogen-bond acceptors (Lipinski definition) is 12. The van der Waals surface area contributed by atoms with E-state index in [1.165, 1.54) is 25.3 Å². The number of phenols is 3. The molecule has 12 nitrogen and oxygen atoms in total. The van der Waals surface area contributed by atoms with Gasteiger partial charge in [-0.1, -0.05) is 0 Å². The average molecular weight is 480 g/mol. The quantitative estimate of drug-likeness (QED) is 0.295. The second-order valence-electron chi connectivity index (χ2n) is 7.96. The number of methoxy groups -OCH3 is 1. The van der Waals surface area contributed by atoms with E-state index in [2.05, 4.69) is 0 Å². The van der Waals surface area contributed by atoms with Crippen LogP contribution in [0.4, 0.5) is 0 Å². The van der Waals surface area contributed by atoms with Crippen LogP contribution in [0.5, 0.6) is 34.5 Å². The van der Waals surface area contributed by atoms with Crippen molar-refractivity contribution in [3.63, 3.8) is 0 Å². The Morgan fingerprint density at radius 2 is 1.68 bits per heavy atom. The minimum absolute atomic E-state index is 0.109. The summed E-state index contributed by atoms with van der Waals surface area (Å²) < 4.78 is 21.9. The maximum Gasteiger partial charge on any atom is 0.229 e. The van der Waals surface area contributed by atoms with Crippen LogP contribution in [0.1, 0.15) is 28.4 Å². The van der Waals surface area contributed by atoms with Gasteiger partial charge in [0.1, 0.15) is 53.3 Å². The molecule has 0 spiro atoms. The molecule has 0 aromatic heterocycles. The zero-order chi connectivity index (χ0) is 24.7. The van der Waals surface area contributed by atoms with E-state index in [0.29, 0.717) is 5.56 Å². The van der Waals surface area contributed by atoms with Crippen molar-refractivity contribution in [2.45, 2.75) is 43.2 Å². The Kier molecular flexibility index (Phi) is 6.43. The largest absolute Gasteiger partial charge is 0.508 e. The van der Waals surface area contributed by atoms with Gasteiger partial charge >= 0.3 is 0 Å². The number of ketones is 1. The van der Waals surface area contributed by atoms with Gasteiger partial charge in [-0.25, -0.2) is 0 Å². The molecule has 2 aromatic rings. The van der Waals surface area contributed by atoms with Crippen LogP contribution in [0, 0.1) is 0 Å². The highest BCUT2D eigenvalue weighted by atomic mass is 16.7. The number of fused-ring (bicyclic) bond motifs is 1. The number of aliphatic hydroxyl groups excluding tert-OH is 4. The van der Waals surface area contributed by atoms with E-state index in [0.717, 1.165) is 6.07 Å². The van der Waals surface area contributed by atoms with E-state index in [9.17, 15) is 40.5 Å². The number of benzene rings is 2. The number of ether oxygens (including phenoxy) is 4. The van der Waals surface area contributed by atoms with Crippen molar-refractivity contribution in [1.29, 1.82) is 0 Å². The van der Waals surface area contributed by atoms with Gasteiger partial charge in [-0.3, -0.25) is 4.79 Å². The summed E-state index contributed by atoms with van der Waals surface area (Å²) in [5.41, 5.74) is 0.127. The second-order valence-corrected chi connectivity index (χ2v) is 7.96. The van der Waals surface area contributed by atoms with Gasteiger partial charge in [-0.15, -0.1) is 0 Å². The van der Waals surface area contributed by atoms with Gasteiger partial charge in [0.05, 0.1) is 20.1 Å². The first-order valence-electron chi connectivity index (χ1n) is 10.3. The number of carbonyl (C=O) groups excluding carboxylic acids is 1. The molecule has 12 heteroatoms. The van der Waals surface area contributed by atoms with Crippen molar-refractivity contribution in [3.05, 3.63) is 35.4 Å². The van der Waals surface area contributed by atoms with E-state index >= 15 is 0 Å². The third-order valence-corrected chi connectivity index (χ3v) is 5.70. The third-order valence-electron chi connectivity index (χ3n) is 5.70. The van der Waals surface area contributed by atoms with Crippen LogP contribution in [0.3, 0.4) is 0 Å². The molecule has 184 valence electrons. The molecule has 2 aliphatic rings. The molecule has 0 amide bonds. The number of Topliss-reactive ketones (excluding diaryl/α,β-unsaturated/α-hetero) is 1. The maximum atomic E-state index is 12.8. The van der Waals surface area contributed by atoms with E-state index in [1.54, 1.807) is 0 Å². The summed E-state index contributed by atoms with van der Waals surface area (Å²) in [7, 11) is 1.20. The lowest BCUT2D eigenvalue weighted by Crippen LogP contribution is -2.60. The molecule has 0 bridgehead atoms. The lowest BCUT2D eigenvalue weighted by atomic mass is 9.94. The Balaban J connectivity index is 1.69. The van der Waals surface area contributed by atoms with Gasteiger partial charge in [0.15, 0.2) is 17.3 Å². The van der Waals surface area contributed by atoms with Crippen LogP contribution in [0.2, 0.25) is 0 Å². The van der Waals surface area contributed by atoms with Crippen molar-refractivity contribution >= 4 is 5.78 Å². The monoisotopic (exact) mass is 480 g/mol. The number of phenolic OH excluding ortho intramolecular Hbond substituents is 3. The van der Waals surface area contributed by atoms with Crippen LogP contribution >= 0.6 is 0 Å². The summed E-state index contributed by atoms with van der Waals surface area (Å²) >= 11 is 0. The Labute approximate surface area is 192 Å². The minimum Gasteiger partial charge on any atom is -0.508 e. The van der Waals surface area contributed by atoms with Gasteiger partial charge in [-0.05, 0) is 12.1 Å². The molecule has 1 saturated heterocycles. The van der Waals surface area contributed by atoms with Gasteiger partial charge in [0.25, 0.3) is 0 Å². The molecule has 34 heavy (non-hydrogen) atoms. The summed E-state index contributed by atoms with van der Waals surface area (Å²) in [5.74, 6) is -2.19. The standard InChI is InChI=1S/C22H24O12/c1-31-21-14(33-22-20(30)19(29)17(27)15(7-23)34-22)6-13-16(18(21)28)11(26)5-12(32-13)8-2-9(24)4-10(25)3-8/h2-4,6,12,15,17,19-20,22-25,27-30H,5,7H2,1H3/t12-,15+,17+,19-,20+,22+/m0/s1.